The molecule has 11 heavy (non-hydrogen) atoms. The molecule has 0 unspecified atom stereocenters. The first kappa shape index (κ1) is 8.68. The van der Waals surface area contributed by atoms with E-state index < -0.39 is 0 Å². The van der Waals surface area contributed by atoms with Gasteiger partial charge in [-0.2, -0.15) is 0 Å². The summed E-state index contributed by atoms with van der Waals surface area (Å²) in [6, 6.07) is 0. The van der Waals surface area contributed by atoms with E-state index in [4.69, 9.17) is 5.73 Å². The van der Waals surface area contributed by atoms with E-state index in [1.54, 1.807) is 11.3 Å². The maximum Gasteiger partial charge on any atom is 0.0930 e. The molecule has 0 aromatic carbocycles. The quantitative estimate of drug-likeness (QED) is 0.751. The summed E-state index contributed by atoms with van der Waals surface area (Å²) in [5.41, 5.74) is 5.46. The van der Waals surface area contributed by atoms with Crippen LogP contribution in [0.15, 0.2) is 6.20 Å². The Bertz CT molecular complexity index is 218. The van der Waals surface area contributed by atoms with E-state index in [0.29, 0.717) is 12.5 Å². The Hall–Kier alpha value is -0.410. The van der Waals surface area contributed by atoms with Crippen LogP contribution in [0.3, 0.4) is 0 Å². The first-order chi connectivity index (χ1) is 5.22. The fraction of sp³-hybridized carbons (Fsp3) is 0.625. The standard InChI is InChI=1S/C8H14N2S/c1-6(2)3-8-10-5-7(4-9)11-8/h5-6H,3-4,9H2,1-2H3. The van der Waals surface area contributed by atoms with Crippen molar-refractivity contribution in [3.8, 4) is 0 Å². The van der Waals surface area contributed by atoms with Gasteiger partial charge in [0.2, 0.25) is 0 Å². The molecule has 0 saturated heterocycles. The third kappa shape index (κ3) is 2.60. The van der Waals surface area contributed by atoms with Gasteiger partial charge in [-0.1, -0.05) is 13.8 Å². The summed E-state index contributed by atoms with van der Waals surface area (Å²) in [6.45, 7) is 5.02. The zero-order valence-electron chi connectivity index (χ0n) is 7.00. The van der Waals surface area contributed by atoms with Crippen LogP contribution in [-0.2, 0) is 13.0 Å². The minimum absolute atomic E-state index is 0.621. The van der Waals surface area contributed by atoms with Crippen molar-refractivity contribution in [3.63, 3.8) is 0 Å². The lowest BCUT2D eigenvalue weighted by molar-refractivity contribution is 0.644. The predicted octanol–water partition coefficient (Wildman–Crippen LogP) is 1.80. The van der Waals surface area contributed by atoms with Gasteiger partial charge < -0.3 is 5.73 Å². The van der Waals surface area contributed by atoms with Crippen molar-refractivity contribution in [1.82, 2.24) is 4.98 Å². The Labute approximate surface area is 71.5 Å². The molecule has 0 radical (unpaired) electrons. The molecule has 0 aliphatic heterocycles. The fourth-order valence-corrected chi connectivity index (χ4v) is 1.90. The smallest absolute Gasteiger partial charge is 0.0930 e. The molecule has 1 rings (SSSR count). The van der Waals surface area contributed by atoms with Crippen LogP contribution in [0.1, 0.15) is 23.7 Å². The summed E-state index contributed by atoms with van der Waals surface area (Å²) in [4.78, 5) is 5.45. The van der Waals surface area contributed by atoms with Gasteiger partial charge in [0, 0.05) is 24.0 Å². The van der Waals surface area contributed by atoms with Crippen LogP contribution >= 0.6 is 11.3 Å². The second kappa shape index (κ2) is 3.83. The molecule has 62 valence electrons. The van der Waals surface area contributed by atoms with Gasteiger partial charge in [0.25, 0.3) is 0 Å². The van der Waals surface area contributed by atoms with E-state index in [9.17, 15) is 0 Å². The van der Waals surface area contributed by atoms with E-state index >= 15 is 0 Å². The Kier molecular flexibility index (Phi) is 3.02. The van der Waals surface area contributed by atoms with Crippen molar-refractivity contribution in [3.05, 3.63) is 16.1 Å². The van der Waals surface area contributed by atoms with Crippen LogP contribution in [-0.4, -0.2) is 4.98 Å². The van der Waals surface area contributed by atoms with Crippen LogP contribution in [0.4, 0.5) is 0 Å². The summed E-state index contributed by atoms with van der Waals surface area (Å²) >= 11 is 1.73. The zero-order valence-corrected chi connectivity index (χ0v) is 7.82. The van der Waals surface area contributed by atoms with Crippen LogP contribution in [0.5, 0.6) is 0 Å². The lowest BCUT2D eigenvalue weighted by atomic mass is 10.1. The van der Waals surface area contributed by atoms with Crippen LogP contribution in [0, 0.1) is 5.92 Å². The minimum atomic E-state index is 0.621. The minimum Gasteiger partial charge on any atom is -0.326 e. The first-order valence-corrected chi connectivity index (χ1v) is 4.67. The maximum atomic E-state index is 5.46. The Balaban J connectivity index is 2.58. The van der Waals surface area contributed by atoms with Crippen molar-refractivity contribution in [1.29, 1.82) is 0 Å². The summed E-state index contributed by atoms with van der Waals surface area (Å²) in [7, 11) is 0. The second-order valence-corrected chi connectivity index (χ2v) is 4.22. The molecule has 0 saturated carbocycles. The molecule has 1 heterocycles. The number of aromatic nitrogens is 1. The number of hydrogen-bond acceptors (Lipinski definition) is 3. The maximum absolute atomic E-state index is 5.46. The van der Waals surface area contributed by atoms with Gasteiger partial charge in [-0.25, -0.2) is 4.98 Å². The highest BCUT2D eigenvalue weighted by atomic mass is 32.1. The summed E-state index contributed by atoms with van der Waals surface area (Å²) < 4.78 is 0. The highest BCUT2D eigenvalue weighted by Gasteiger charge is 2.02. The molecule has 1 aromatic heterocycles. The van der Waals surface area contributed by atoms with Crippen molar-refractivity contribution in [2.24, 2.45) is 11.7 Å². The molecular formula is C8H14N2S. The van der Waals surface area contributed by atoms with Gasteiger partial charge in [-0.15, -0.1) is 11.3 Å². The van der Waals surface area contributed by atoms with Crippen LogP contribution in [0.25, 0.3) is 0 Å². The van der Waals surface area contributed by atoms with E-state index in [0.717, 1.165) is 6.42 Å². The number of rotatable bonds is 3. The monoisotopic (exact) mass is 170 g/mol. The first-order valence-electron chi connectivity index (χ1n) is 3.86. The molecule has 0 fully saturated rings. The molecule has 3 heteroatoms. The average Bonchev–Trinajstić information content (AvgIpc) is 2.34. The molecule has 0 aliphatic rings. The van der Waals surface area contributed by atoms with Crippen molar-refractivity contribution < 1.29 is 0 Å². The van der Waals surface area contributed by atoms with Crippen molar-refractivity contribution in [2.45, 2.75) is 26.8 Å². The predicted molar refractivity (Wildman–Crippen MR) is 48.5 cm³/mol. The van der Waals surface area contributed by atoms with Crippen LogP contribution in [0.2, 0.25) is 0 Å². The molecule has 0 aliphatic carbocycles. The Morgan fingerprint density at radius 2 is 2.36 bits per heavy atom. The summed E-state index contributed by atoms with van der Waals surface area (Å²) in [6.07, 6.45) is 2.95. The molecule has 1 aromatic rings. The van der Waals surface area contributed by atoms with E-state index in [1.807, 2.05) is 6.20 Å². The van der Waals surface area contributed by atoms with Gasteiger partial charge in [-0.05, 0) is 5.92 Å². The highest BCUT2D eigenvalue weighted by Crippen LogP contribution is 2.15. The SMILES string of the molecule is CC(C)Cc1ncc(CN)s1. The zero-order chi connectivity index (χ0) is 8.27. The van der Waals surface area contributed by atoms with Gasteiger partial charge in [-0.3, -0.25) is 0 Å². The molecule has 2 nitrogen and oxygen atoms in total. The van der Waals surface area contributed by atoms with Crippen molar-refractivity contribution >= 4 is 11.3 Å². The molecule has 2 N–H and O–H groups in total. The van der Waals surface area contributed by atoms with E-state index in [2.05, 4.69) is 18.8 Å². The number of nitrogens with zero attached hydrogens (tertiary/aromatic N) is 1. The normalized spacial score (nSPS) is 10.9. The van der Waals surface area contributed by atoms with Gasteiger partial charge in [0.15, 0.2) is 0 Å². The van der Waals surface area contributed by atoms with E-state index in [-0.39, 0.29) is 0 Å². The fourth-order valence-electron chi connectivity index (χ4n) is 0.886. The molecule has 0 bridgehead atoms. The lowest BCUT2D eigenvalue weighted by Gasteiger charge is -1.97. The lowest BCUT2D eigenvalue weighted by Crippen LogP contribution is -1.92. The third-order valence-electron chi connectivity index (χ3n) is 1.39. The molecule has 0 amide bonds. The van der Waals surface area contributed by atoms with Crippen LogP contribution < -0.4 is 5.73 Å². The summed E-state index contributed by atoms with van der Waals surface area (Å²) in [5.74, 6) is 0.687. The number of thiazole rings is 1. The molecule has 0 atom stereocenters. The topological polar surface area (TPSA) is 38.9 Å². The van der Waals surface area contributed by atoms with Gasteiger partial charge >= 0.3 is 0 Å². The second-order valence-electron chi connectivity index (χ2n) is 3.02. The summed E-state index contributed by atoms with van der Waals surface area (Å²) in [5, 5.41) is 1.21. The average molecular weight is 170 g/mol. The van der Waals surface area contributed by atoms with Gasteiger partial charge in [0.1, 0.15) is 0 Å². The largest absolute Gasteiger partial charge is 0.326 e. The third-order valence-corrected chi connectivity index (χ3v) is 2.43. The number of nitrogens with two attached hydrogens (primary N) is 1. The molecule has 0 spiro atoms. The Morgan fingerprint density at radius 1 is 1.64 bits per heavy atom. The number of hydrogen-bond donors (Lipinski definition) is 1. The highest BCUT2D eigenvalue weighted by molar-refractivity contribution is 7.11. The molecular weight excluding hydrogens is 156 g/mol. The van der Waals surface area contributed by atoms with Crippen molar-refractivity contribution in [2.75, 3.05) is 0 Å². The van der Waals surface area contributed by atoms with E-state index in [1.165, 1.54) is 9.88 Å². The Morgan fingerprint density at radius 3 is 2.82 bits per heavy atom. The van der Waals surface area contributed by atoms with Gasteiger partial charge in [0.05, 0.1) is 5.01 Å².